The number of fused-ring (bicyclic) bond motifs is 8. The number of carboxylic acids is 1. The predicted molar refractivity (Wildman–Crippen MR) is 244 cm³/mol. The van der Waals surface area contributed by atoms with Gasteiger partial charge in [0.05, 0.1) is 28.3 Å². The zero-order chi connectivity index (χ0) is 40.4. The third-order valence-electron chi connectivity index (χ3n) is 11.2. The number of hydrogen-bond donors (Lipinski definition) is 3. The van der Waals surface area contributed by atoms with Crippen LogP contribution in [-0.4, -0.2) is 31.0 Å². The largest absolute Gasteiger partial charge is 0.478 e. The van der Waals surface area contributed by atoms with E-state index in [1.165, 1.54) is 11.1 Å². The number of aromatic carboxylic acids is 1. The number of halogens is 1. The van der Waals surface area contributed by atoms with Gasteiger partial charge in [-0.1, -0.05) is 75.6 Å². The molecule has 0 fully saturated rings. The van der Waals surface area contributed by atoms with E-state index in [4.69, 9.17) is 9.97 Å². The normalized spacial score (nSPS) is 12.1. The second-order valence-electron chi connectivity index (χ2n) is 15.4. The topological polar surface area (TPSA) is 94.7 Å². The molecule has 0 amide bonds. The third-order valence-corrected chi connectivity index (χ3v) is 11.7. The number of nitrogens with one attached hydrogen (secondary N) is 2. The standard InChI is InChI=1S/C51H41BrN4O2/c1-27-23-29(3)45(30(4)24-27)49-41-19-15-37(53-41)47(33-7-9-35(10-8-33)51(57)58)38-16-20-42(54-38)50(46-31(5)25-28(2)26-32(46)6)44-22-18-40(56-44)48(39-17-21-43(49)55-39)34-11-13-36(52)14-12-34/h7-26,53,56H,1-6H3,(H,57,58). The molecule has 6 nitrogen and oxygen atoms in total. The lowest BCUT2D eigenvalue weighted by Crippen LogP contribution is -1.96. The predicted octanol–water partition coefficient (Wildman–Crippen LogP) is 13.6. The summed E-state index contributed by atoms with van der Waals surface area (Å²) in [7, 11) is 0. The lowest BCUT2D eigenvalue weighted by Gasteiger charge is -2.13. The number of rotatable bonds is 5. The van der Waals surface area contributed by atoms with Crippen molar-refractivity contribution in [2.75, 3.05) is 0 Å². The molecule has 58 heavy (non-hydrogen) atoms. The minimum Gasteiger partial charge on any atom is -0.478 e. The first kappa shape index (κ1) is 37.0. The van der Waals surface area contributed by atoms with Crippen LogP contribution in [0.5, 0.6) is 0 Å². The van der Waals surface area contributed by atoms with Gasteiger partial charge in [0, 0.05) is 48.8 Å². The van der Waals surface area contributed by atoms with Crippen molar-refractivity contribution in [2.24, 2.45) is 0 Å². The van der Waals surface area contributed by atoms with E-state index in [0.29, 0.717) is 0 Å². The van der Waals surface area contributed by atoms with Crippen molar-refractivity contribution < 1.29 is 9.90 Å². The van der Waals surface area contributed by atoms with Crippen LogP contribution in [0.3, 0.4) is 0 Å². The fourth-order valence-corrected chi connectivity index (χ4v) is 9.15. The van der Waals surface area contributed by atoms with E-state index in [1.807, 2.05) is 12.1 Å². The van der Waals surface area contributed by atoms with Gasteiger partial charge in [-0.05, 0) is 159 Å². The Morgan fingerprint density at radius 3 is 1.16 bits per heavy atom. The molecule has 0 aliphatic carbocycles. The average Bonchev–Trinajstić information content (AvgIpc) is 4.02. The number of carboxylic acid groups (broad SMARTS) is 1. The van der Waals surface area contributed by atoms with Crippen molar-refractivity contribution in [2.45, 2.75) is 41.5 Å². The highest BCUT2D eigenvalue weighted by molar-refractivity contribution is 9.10. The number of aromatic amines is 2. The molecule has 7 aromatic rings. The summed E-state index contributed by atoms with van der Waals surface area (Å²) < 4.78 is 1.00. The SMILES string of the molecule is Cc1cc(C)c(-c2c3nc(c(-c4ccc(C(=O)O)cc4)c4ccc([nH]4)c(-c4c(C)cc(C)cc4C)c4nc(c(-c5ccc(Br)cc5)c5ccc2[nH]5)C=C4)C=C3)c(C)c1. The molecule has 0 saturated carbocycles. The highest BCUT2D eigenvalue weighted by atomic mass is 79.9. The Balaban J connectivity index is 1.49. The molecule has 3 N–H and O–H groups in total. The molecule has 284 valence electrons. The van der Waals surface area contributed by atoms with Gasteiger partial charge in [0.25, 0.3) is 0 Å². The van der Waals surface area contributed by atoms with Crippen molar-refractivity contribution in [3.8, 4) is 44.5 Å². The van der Waals surface area contributed by atoms with Gasteiger partial charge in [0.15, 0.2) is 0 Å². The molecule has 0 radical (unpaired) electrons. The van der Waals surface area contributed by atoms with Crippen LogP contribution in [0, 0.1) is 41.5 Å². The summed E-state index contributed by atoms with van der Waals surface area (Å²) in [4.78, 5) is 30.5. The molecule has 0 unspecified atom stereocenters. The van der Waals surface area contributed by atoms with Crippen LogP contribution in [0.2, 0.25) is 0 Å². The number of hydrogen-bond acceptors (Lipinski definition) is 3. The van der Waals surface area contributed by atoms with E-state index in [2.05, 4.69) is 165 Å². The van der Waals surface area contributed by atoms with Crippen LogP contribution in [-0.2, 0) is 0 Å². The lowest BCUT2D eigenvalue weighted by atomic mass is 9.92. The first-order chi connectivity index (χ1) is 27.9. The highest BCUT2D eigenvalue weighted by Crippen LogP contribution is 2.41. The fraction of sp³-hybridized carbons (Fsp3) is 0.118. The molecule has 0 atom stereocenters. The van der Waals surface area contributed by atoms with E-state index in [9.17, 15) is 9.90 Å². The Labute approximate surface area is 345 Å². The second kappa shape index (κ2) is 14.4. The Bertz CT molecular complexity index is 2990. The molecule has 0 spiro atoms. The maximum atomic E-state index is 11.9. The summed E-state index contributed by atoms with van der Waals surface area (Å²) in [5.74, 6) is -0.969. The average molecular weight is 822 g/mol. The van der Waals surface area contributed by atoms with Crippen molar-refractivity contribution in [1.82, 2.24) is 19.9 Å². The van der Waals surface area contributed by atoms with Gasteiger partial charge in [0.1, 0.15) is 0 Å². The maximum Gasteiger partial charge on any atom is 0.335 e. The van der Waals surface area contributed by atoms with Crippen LogP contribution in [0.25, 0.3) is 90.9 Å². The fourth-order valence-electron chi connectivity index (χ4n) is 8.88. The molecule has 3 aromatic heterocycles. The zero-order valence-corrected chi connectivity index (χ0v) is 34.8. The Morgan fingerprint density at radius 1 is 0.466 bits per heavy atom. The quantitative estimate of drug-likeness (QED) is 0.161. The first-order valence-electron chi connectivity index (χ1n) is 19.4. The van der Waals surface area contributed by atoms with Crippen LogP contribution < -0.4 is 0 Å². The number of aryl methyl sites for hydroxylation is 6. The van der Waals surface area contributed by atoms with Gasteiger partial charge in [-0.15, -0.1) is 0 Å². The molecule has 4 aromatic carbocycles. The number of nitrogens with zero attached hydrogens (tertiary/aromatic N) is 2. The van der Waals surface area contributed by atoms with Gasteiger partial charge in [-0.2, -0.15) is 0 Å². The van der Waals surface area contributed by atoms with Crippen LogP contribution in [0.4, 0.5) is 0 Å². The van der Waals surface area contributed by atoms with E-state index < -0.39 is 5.97 Å². The molecule has 9 rings (SSSR count). The van der Waals surface area contributed by atoms with Gasteiger partial charge < -0.3 is 15.1 Å². The number of benzene rings is 4. The smallest absolute Gasteiger partial charge is 0.335 e. The van der Waals surface area contributed by atoms with Gasteiger partial charge in [0.2, 0.25) is 0 Å². The van der Waals surface area contributed by atoms with Gasteiger partial charge in [-0.25, -0.2) is 14.8 Å². The molecule has 8 bridgehead atoms. The van der Waals surface area contributed by atoms with E-state index in [-0.39, 0.29) is 5.56 Å². The Kier molecular flexibility index (Phi) is 9.21. The van der Waals surface area contributed by atoms with E-state index in [1.54, 1.807) is 12.1 Å². The molecule has 0 saturated heterocycles. The molecule has 2 aliphatic rings. The van der Waals surface area contributed by atoms with Crippen molar-refractivity contribution in [3.63, 3.8) is 0 Å². The summed E-state index contributed by atoms with van der Waals surface area (Å²) in [6.45, 7) is 12.9. The number of carbonyl (C=O) groups is 1. The maximum absolute atomic E-state index is 11.9. The summed E-state index contributed by atoms with van der Waals surface area (Å²) >= 11 is 3.65. The van der Waals surface area contributed by atoms with E-state index in [0.717, 1.165) is 116 Å². The molecular weight excluding hydrogens is 780 g/mol. The molecule has 5 heterocycles. The minimum absolute atomic E-state index is 0.225. The van der Waals surface area contributed by atoms with Crippen molar-refractivity contribution in [1.29, 1.82) is 0 Å². The van der Waals surface area contributed by atoms with E-state index >= 15 is 0 Å². The molecular formula is C51H41BrN4O2. The summed E-state index contributed by atoms with van der Waals surface area (Å²) in [6, 6.07) is 32.9. The molecule has 7 heteroatoms. The van der Waals surface area contributed by atoms with Crippen LogP contribution in [0.1, 0.15) is 66.5 Å². The van der Waals surface area contributed by atoms with Crippen molar-refractivity contribution in [3.05, 3.63) is 163 Å². The van der Waals surface area contributed by atoms with Crippen LogP contribution in [0.15, 0.2) is 102 Å². The Morgan fingerprint density at radius 2 is 0.793 bits per heavy atom. The number of H-pyrrole nitrogens is 2. The zero-order valence-electron chi connectivity index (χ0n) is 33.2. The first-order valence-corrected chi connectivity index (χ1v) is 20.1. The Hall–Kier alpha value is -6.57. The monoisotopic (exact) mass is 820 g/mol. The minimum atomic E-state index is -0.969. The van der Waals surface area contributed by atoms with Gasteiger partial charge >= 0.3 is 5.97 Å². The second-order valence-corrected chi connectivity index (χ2v) is 16.4. The highest BCUT2D eigenvalue weighted by Gasteiger charge is 2.21. The van der Waals surface area contributed by atoms with Gasteiger partial charge in [-0.3, -0.25) is 0 Å². The van der Waals surface area contributed by atoms with Crippen LogP contribution >= 0.6 is 15.9 Å². The summed E-state index contributed by atoms with van der Waals surface area (Å²) in [6.07, 6.45) is 8.41. The number of aromatic nitrogens is 4. The third kappa shape index (κ3) is 6.51. The summed E-state index contributed by atoms with van der Waals surface area (Å²) in [5, 5.41) is 9.77. The lowest BCUT2D eigenvalue weighted by molar-refractivity contribution is 0.0697. The molecule has 2 aliphatic heterocycles. The summed E-state index contributed by atoms with van der Waals surface area (Å²) in [5.41, 5.74) is 22.2. The van der Waals surface area contributed by atoms with Crippen molar-refractivity contribution >= 4 is 68.3 Å².